The third-order valence-electron chi connectivity index (χ3n) is 6.52. The molecule has 1 fully saturated rings. The van der Waals surface area contributed by atoms with Gasteiger partial charge < -0.3 is 14.4 Å². The Balaban J connectivity index is 1.41. The number of rotatable bonds is 6. The van der Waals surface area contributed by atoms with Gasteiger partial charge in [-0.15, -0.1) is 0 Å². The van der Waals surface area contributed by atoms with Crippen LogP contribution < -0.4 is 9.47 Å². The van der Waals surface area contributed by atoms with Crippen LogP contribution in [0.25, 0.3) is 16.9 Å². The summed E-state index contributed by atoms with van der Waals surface area (Å²) >= 11 is 0. The number of fused-ring (bicyclic) bond motifs is 1. The van der Waals surface area contributed by atoms with Crippen LogP contribution in [0.2, 0.25) is 0 Å². The Hall–Kier alpha value is -4.12. The number of carbonyl (C=O) groups is 1. The van der Waals surface area contributed by atoms with Gasteiger partial charge >= 0.3 is 6.18 Å². The summed E-state index contributed by atoms with van der Waals surface area (Å²) in [6.45, 7) is 2.99. The SMILES string of the molecule is COc1ccc(-c2cc(C(F)(F)F)n3nc(C(=O)N4CCN(Cc5ccccc5)CC4)cc3n2)cc1OC. The normalized spacial score (nSPS) is 14.6. The number of hydrogen-bond donors (Lipinski definition) is 0. The first kappa shape index (κ1) is 25.5. The fraction of sp³-hybridized carbons (Fsp3) is 0.296. The molecule has 2 aromatic carbocycles. The van der Waals surface area contributed by atoms with E-state index in [2.05, 4.69) is 27.1 Å². The van der Waals surface area contributed by atoms with Gasteiger partial charge in [-0.2, -0.15) is 18.3 Å². The van der Waals surface area contributed by atoms with Crippen molar-refractivity contribution in [2.24, 2.45) is 0 Å². The van der Waals surface area contributed by atoms with E-state index >= 15 is 0 Å². The van der Waals surface area contributed by atoms with Crippen molar-refractivity contribution >= 4 is 11.6 Å². The lowest BCUT2D eigenvalue weighted by Gasteiger charge is -2.34. The molecule has 1 amide bonds. The van der Waals surface area contributed by atoms with Gasteiger partial charge in [-0.05, 0) is 29.8 Å². The van der Waals surface area contributed by atoms with Crippen molar-refractivity contribution in [1.29, 1.82) is 0 Å². The molecular formula is C27H26F3N5O3. The van der Waals surface area contributed by atoms with Gasteiger partial charge in [0, 0.05) is 44.4 Å². The first-order valence-electron chi connectivity index (χ1n) is 12.0. The van der Waals surface area contributed by atoms with Gasteiger partial charge in [-0.1, -0.05) is 30.3 Å². The molecule has 8 nitrogen and oxygen atoms in total. The predicted molar refractivity (Wildman–Crippen MR) is 134 cm³/mol. The molecule has 5 rings (SSSR count). The van der Waals surface area contributed by atoms with E-state index in [1.165, 1.54) is 25.8 Å². The zero-order valence-corrected chi connectivity index (χ0v) is 20.9. The Morgan fingerprint density at radius 2 is 1.63 bits per heavy atom. The molecule has 1 aliphatic heterocycles. The van der Waals surface area contributed by atoms with Crippen molar-refractivity contribution in [3.05, 3.63) is 77.6 Å². The average Bonchev–Trinajstić information content (AvgIpc) is 3.36. The first-order chi connectivity index (χ1) is 18.3. The summed E-state index contributed by atoms with van der Waals surface area (Å²) in [6.07, 6.45) is -4.72. The summed E-state index contributed by atoms with van der Waals surface area (Å²) in [4.78, 5) is 21.4. The summed E-state index contributed by atoms with van der Waals surface area (Å²) in [5.74, 6) is 0.376. The Bertz CT molecular complexity index is 1450. The highest BCUT2D eigenvalue weighted by molar-refractivity contribution is 5.93. The molecule has 0 unspecified atom stereocenters. The molecule has 0 atom stereocenters. The van der Waals surface area contributed by atoms with Crippen molar-refractivity contribution in [3.63, 3.8) is 0 Å². The Morgan fingerprint density at radius 1 is 0.921 bits per heavy atom. The second kappa shape index (κ2) is 10.3. The van der Waals surface area contributed by atoms with Crippen LogP contribution in [0.4, 0.5) is 13.2 Å². The average molecular weight is 526 g/mol. The van der Waals surface area contributed by atoms with E-state index in [-0.39, 0.29) is 17.0 Å². The second-order valence-corrected chi connectivity index (χ2v) is 8.95. The molecule has 0 N–H and O–H groups in total. The third-order valence-corrected chi connectivity index (χ3v) is 6.52. The topological polar surface area (TPSA) is 72.2 Å². The summed E-state index contributed by atoms with van der Waals surface area (Å²) in [7, 11) is 2.91. The van der Waals surface area contributed by atoms with E-state index in [1.54, 1.807) is 23.1 Å². The van der Waals surface area contributed by atoms with Crippen LogP contribution in [-0.4, -0.2) is 70.7 Å². The zero-order valence-electron chi connectivity index (χ0n) is 20.9. The minimum atomic E-state index is -4.72. The number of amides is 1. The summed E-state index contributed by atoms with van der Waals surface area (Å²) in [6, 6.07) is 17.0. The summed E-state index contributed by atoms with van der Waals surface area (Å²) in [5, 5.41) is 4.02. The molecule has 0 radical (unpaired) electrons. The fourth-order valence-corrected chi connectivity index (χ4v) is 4.54. The molecule has 4 aromatic rings. The molecular weight excluding hydrogens is 499 g/mol. The van der Waals surface area contributed by atoms with Crippen molar-refractivity contribution < 1.29 is 27.4 Å². The van der Waals surface area contributed by atoms with Crippen molar-refractivity contribution in [1.82, 2.24) is 24.4 Å². The van der Waals surface area contributed by atoms with Crippen LogP contribution in [-0.2, 0) is 12.7 Å². The van der Waals surface area contributed by atoms with Crippen molar-refractivity contribution in [2.45, 2.75) is 12.7 Å². The van der Waals surface area contributed by atoms with Crippen LogP contribution >= 0.6 is 0 Å². The zero-order chi connectivity index (χ0) is 26.9. The molecule has 2 aromatic heterocycles. The molecule has 1 saturated heterocycles. The number of halogens is 3. The van der Waals surface area contributed by atoms with Gasteiger partial charge in [0.2, 0.25) is 0 Å². The predicted octanol–water partition coefficient (Wildman–Crippen LogP) is 4.39. The number of carbonyl (C=O) groups excluding carboxylic acids is 1. The number of nitrogens with zero attached hydrogens (tertiary/aromatic N) is 5. The molecule has 38 heavy (non-hydrogen) atoms. The summed E-state index contributed by atoms with van der Waals surface area (Å²) in [5.41, 5.74) is 0.473. The van der Waals surface area contributed by atoms with Crippen LogP contribution in [0.15, 0.2) is 60.7 Å². The van der Waals surface area contributed by atoms with Gasteiger partial charge in [0.1, 0.15) is 0 Å². The van der Waals surface area contributed by atoms with Crippen LogP contribution in [0, 0.1) is 0 Å². The second-order valence-electron chi connectivity index (χ2n) is 8.95. The largest absolute Gasteiger partial charge is 0.493 e. The third kappa shape index (κ3) is 5.14. The number of alkyl halides is 3. The van der Waals surface area contributed by atoms with E-state index in [0.717, 1.165) is 12.6 Å². The van der Waals surface area contributed by atoms with Gasteiger partial charge in [0.15, 0.2) is 28.5 Å². The Kier molecular flexibility index (Phi) is 6.94. The number of hydrogen-bond acceptors (Lipinski definition) is 6. The summed E-state index contributed by atoms with van der Waals surface area (Å²) < 4.78 is 53.3. The monoisotopic (exact) mass is 525 g/mol. The van der Waals surface area contributed by atoms with Gasteiger partial charge in [-0.25, -0.2) is 9.50 Å². The number of aromatic nitrogens is 3. The Labute approximate surface area is 217 Å². The highest BCUT2D eigenvalue weighted by atomic mass is 19.4. The van der Waals surface area contributed by atoms with Gasteiger partial charge in [0.05, 0.1) is 19.9 Å². The number of benzene rings is 2. The van der Waals surface area contributed by atoms with Gasteiger partial charge in [-0.3, -0.25) is 9.69 Å². The van der Waals surface area contributed by atoms with Crippen LogP contribution in [0.5, 0.6) is 11.5 Å². The smallest absolute Gasteiger partial charge is 0.433 e. The Morgan fingerprint density at radius 3 is 2.29 bits per heavy atom. The number of ether oxygens (including phenoxy) is 2. The molecule has 3 heterocycles. The first-order valence-corrected chi connectivity index (χ1v) is 12.0. The lowest BCUT2D eigenvalue weighted by Crippen LogP contribution is -2.48. The van der Waals surface area contributed by atoms with E-state index in [1.807, 2.05) is 18.2 Å². The molecule has 0 saturated carbocycles. The van der Waals surface area contributed by atoms with Crippen molar-refractivity contribution in [2.75, 3.05) is 40.4 Å². The number of piperazine rings is 1. The maximum Gasteiger partial charge on any atom is 0.433 e. The van der Waals surface area contributed by atoms with Gasteiger partial charge in [0.25, 0.3) is 5.91 Å². The highest BCUT2D eigenvalue weighted by Crippen LogP contribution is 2.35. The van der Waals surface area contributed by atoms with Crippen molar-refractivity contribution in [3.8, 4) is 22.8 Å². The van der Waals surface area contributed by atoms with Crippen LogP contribution in [0.3, 0.4) is 0 Å². The molecule has 0 bridgehead atoms. The fourth-order valence-electron chi connectivity index (χ4n) is 4.54. The minimum absolute atomic E-state index is 0.0687. The quantitative estimate of drug-likeness (QED) is 0.372. The molecule has 0 aliphatic carbocycles. The lowest BCUT2D eigenvalue weighted by molar-refractivity contribution is -0.142. The minimum Gasteiger partial charge on any atom is -0.493 e. The maximum absolute atomic E-state index is 14.0. The van der Waals surface area contributed by atoms with Crippen LogP contribution in [0.1, 0.15) is 21.7 Å². The standard InChI is InChI=1S/C27H26F3N5O3/c1-37-22-9-8-19(14-23(22)38-2)20-15-24(27(28,29)30)35-25(31-20)16-21(32-35)26(36)34-12-10-33(11-13-34)17-18-6-4-3-5-7-18/h3-9,14-16H,10-13,17H2,1-2H3. The molecule has 1 aliphatic rings. The lowest BCUT2D eigenvalue weighted by atomic mass is 10.1. The van der Waals surface area contributed by atoms with E-state index < -0.39 is 17.8 Å². The molecule has 198 valence electrons. The van der Waals surface area contributed by atoms with E-state index in [9.17, 15) is 18.0 Å². The highest BCUT2D eigenvalue weighted by Gasteiger charge is 2.36. The maximum atomic E-state index is 14.0. The van der Waals surface area contributed by atoms with E-state index in [4.69, 9.17) is 9.47 Å². The molecule has 11 heteroatoms. The number of methoxy groups -OCH3 is 2. The molecule has 0 spiro atoms. The van der Waals surface area contributed by atoms with E-state index in [0.29, 0.717) is 47.8 Å².